The van der Waals surface area contributed by atoms with E-state index in [0.717, 1.165) is 0 Å². The molecule has 0 radical (unpaired) electrons. The fraction of sp³-hybridized carbons (Fsp3) is 0.562. The van der Waals surface area contributed by atoms with Crippen molar-refractivity contribution in [2.24, 2.45) is 5.73 Å². The monoisotopic (exact) mass is 344 g/mol. The first-order chi connectivity index (χ1) is 10.6. The third-order valence-electron chi connectivity index (χ3n) is 3.91. The summed E-state index contributed by atoms with van der Waals surface area (Å²) in [5, 5.41) is 0. The van der Waals surface area contributed by atoms with Gasteiger partial charge in [0.05, 0.1) is 19.2 Å². The third kappa shape index (κ3) is 4.99. The largest absolute Gasteiger partial charge is 0.493 e. The Hall–Kier alpha value is -1.50. The minimum Gasteiger partial charge on any atom is -0.493 e. The summed E-state index contributed by atoms with van der Waals surface area (Å²) in [7, 11) is 3.35. The van der Waals surface area contributed by atoms with E-state index in [-0.39, 0.29) is 18.3 Å². The summed E-state index contributed by atoms with van der Waals surface area (Å²) in [6.07, 6.45) is 1.12. The van der Waals surface area contributed by atoms with Crippen LogP contribution in [0.1, 0.15) is 12.8 Å². The van der Waals surface area contributed by atoms with Gasteiger partial charge in [-0.2, -0.15) is 0 Å². The summed E-state index contributed by atoms with van der Waals surface area (Å²) in [6, 6.07) is 7.43. The molecule has 0 bridgehead atoms. The lowest BCUT2D eigenvalue weighted by molar-refractivity contribution is -0.139. The van der Waals surface area contributed by atoms with Gasteiger partial charge in [-0.05, 0) is 25.0 Å². The molecular weight excluding hydrogens is 320 g/mol. The number of benzene rings is 1. The van der Waals surface area contributed by atoms with Crippen LogP contribution in [0.3, 0.4) is 0 Å². The molecule has 0 atom stereocenters. The zero-order chi connectivity index (χ0) is 16.0. The van der Waals surface area contributed by atoms with E-state index in [0.29, 0.717) is 50.7 Å². The number of likely N-dealkylation sites (N-methyl/N-ethyl adjacent to an activating group) is 1. The molecule has 1 amide bonds. The van der Waals surface area contributed by atoms with E-state index in [1.54, 1.807) is 19.1 Å². The van der Waals surface area contributed by atoms with E-state index in [2.05, 4.69) is 0 Å². The van der Waals surface area contributed by atoms with Gasteiger partial charge >= 0.3 is 0 Å². The smallest absolute Gasteiger partial charge is 0.242 e. The molecule has 1 saturated heterocycles. The SMILES string of the molecule is COc1ccccc1OCCN(C)C(=O)C1(N)CCOCC1.Cl. The van der Waals surface area contributed by atoms with Crippen LogP contribution in [0, 0.1) is 0 Å². The number of methoxy groups -OCH3 is 1. The van der Waals surface area contributed by atoms with E-state index in [1.165, 1.54) is 0 Å². The van der Waals surface area contributed by atoms with Crippen molar-refractivity contribution in [3.63, 3.8) is 0 Å². The second kappa shape index (κ2) is 8.96. The van der Waals surface area contributed by atoms with Crippen LogP contribution >= 0.6 is 12.4 Å². The minimum absolute atomic E-state index is 0. The molecule has 7 heteroatoms. The van der Waals surface area contributed by atoms with Crippen LogP contribution in [0.5, 0.6) is 11.5 Å². The molecule has 0 aliphatic carbocycles. The summed E-state index contributed by atoms with van der Waals surface area (Å²) in [6.45, 7) is 1.92. The normalized spacial score (nSPS) is 16.1. The van der Waals surface area contributed by atoms with Crippen LogP contribution in [-0.4, -0.2) is 56.9 Å². The molecule has 23 heavy (non-hydrogen) atoms. The van der Waals surface area contributed by atoms with E-state index in [9.17, 15) is 4.79 Å². The molecule has 1 fully saturated rings. The topological polar surface area (TPSA) is 74.0 Å². The molecule has 2 rings (SSSR count). The van der Waals surface area contributed by atoms with Crippen LogP contribution < -0.4 is 15.2 Å². The number of hydrogen-bond donors (Lipinski definition) is 1. The maximum absolute atomic E-state index is 12.5. The average Bonchev–Trinajstić information content (AvgIpc) is 2.55. The van der Waals surface area contributed by atoms with Crippen molar-refractivity contribution in [1.82, 2.24) is 4.90 Å². The number of nitrogens with zero attached hydrogens (tertiary/aromatic N) is 1. The Balaban J connectivity index is 0.00000264. The van der Waals surface area contributed by atoms with Gasteiger partial charge in [0, 0.05) is 20.3 Å². The Morgan fingerprint density at radius 3 is 2.52 bits per heavy atom. The van der Waals surface area contributed by atoms with Crippen molar-refractivity contribution in [2.45, 2.75) is 18.4 Å². The van der Waals surface area contributed by atoms with Gasteiger partial charge in [0.2, 0.25) is 5.91 Å². The zero-order valence-electron chi connectivity index (χ0n) is 13.6. The number of carbonyl (C=O) groups is 1. The van der Waals surface area contributed by atoms with Crippen molar-refractivity contribution in [2.75, 3.05) is 40.5 Å². The van der Waals surface area contributed by atoms with Crippen molar-refractivity contribution in [3.05, 3.63) is 24.3 Å². The second-order valence-corrected chi connectivity index (χ2v) is 5.49. The Morgan fingerprint density at radius 2 is 1.91 bits per heavy atom. The molecule has 6 nitrogen and oxygen atoms in total. The number of carbonyl (C=O) groups excluding carboxylic acids is 1. The Bertz CT molecular complexity index is 507. The van der Waals surface area contributed by atoms with Crippen LogP contribution in [0.4, 0.5) is 0 Å². The van der Waals surface area contributed by atoms with E-state index in [4.69, 9.17) is 19.9 Å². The van der Waals surface area contributed by atoms with Crippen LogP contribution in [-0.2, 0) is 9.53 Å². The molecular formula is C16H25ClN2O4. The summed E-state index contributed by atoms with van der Waals surface area (Å²) < 4.78 is 16.2. The highest BCUT2D eigenvalue weighted by Crippen LogP contribution is 2.25. The van der Waals surface area contributed by atoms with Crippen molar-refractivity contribution < 1.29 is 19.0 Å². The van der Waals surface area contributed by atoms with Crippen molar-refractivity contribution in [3.8, 4) is 11.5 Å². The highest BCUT2D eigenvalue weighted by Gasteiger charge is 2.37. The fourth-order valence-corrected chi connectivity index (χ4v) is 2.46. The van der Waals surface area contributed by atoms with Gasteiger partial charge in [-0.25, -0.2) is 0 Å². The van der Waals surface area contributed by atoms with Crippen LogP contribution in [0.2, 0.25) is 0 Å². The van der Waals surface area contributed by atoms with Crippen molar-refractivity contribution in [1.29, 1.82) is 0 Å². The molecule has 1 aliphatic heterocycles. The predicted octanol–water partition coefficient (Wildman–Crippen LogP) is 1.46. The summed E-state index contributed by atoms with van der Waals surface area (Å²) in [5.41, 5.74) is 5.39. The Labute approximate surface area is 143 Å². The first kappa shape index (κ1) is 19.5. The van der Waals surface area contributed by atoms with E-state index < -0.39 is 5.54 Å². The maximum Gasteiger partial charge on any atom is 0.242 e. The number of ether oxygens (including phenoxy) is 3. The number of para-hydroxylation sites is 2. The quantitative estimate of drug-likeness (QED) is 0.845. The second-order valence-electron chi connectivity index (χ2n) is 5.49. The van der Waals surface area contributed by atoms with Gasteiger partial charge < -0.3 is 24.8 Å². The maximum atomic E-state index is 12.5. The molecule has 0 unspecified atom stereocenters. The third-order valence-corrected chi connectivity index (χ3v) is 3.91. The minimum atomic E-state index is -0.808. The molecule has 0 spiro atoms. The predicted molar refractivity (Wildman–Crippen MR) is 90.3 cm³/mol. The highest BCUT2D eigenvalue weighted by molar-refractivity contribution is 5.86. The van der Waals surface area contributed by atoms with Gasteiger partial charge in [-0.1, -0.05) is 12.1 Å². The molecule has 1 aliphatic rings. The first-order valence-electron chi connectivity index (χ1n) is 7.45. The number of nitrogens with two attached hydrogens (primary N) is 1. The van der Waals surface area contributed by atoms with E-state index in [1.807, 2.05) is 24.3 Å². The lowest BCUT2D eigenvalue weighted by Crippen LogP contribution is -2.57. The van der Waals surface area contributed by atoms with Gasteiger partial charge in [0.25, 0.3) is 0 Å². The standard InChI is InChI=1S/C16H24N2O4.ClH/c1-18(15(19)16(17)7-10-21-11-8-16)9-12-22-14-6-4-3-5-13(14)20-2;/h3-6H,7-12,17H2,1-2H3;1H. The van der Waals surface area contributed by atoms with E-state index >= 15 is 0 Å². The number of halogens is 1. The summed E-state index contributed by atoms with van der Waals surface area (Å²) in [4.78, 5) is 14.1. The Kier molecular flexibility index (Phi) is 7.61. The van der Waals surface area contributed by atoms with Gasteiger partial charge in [-0.3, -0.25) is 4.79 Å². The number of hydrogen-bond acceptors (Lipinski definition) is 5. The van der Waals surface area contributed by atoms with Gasteiger partial charge in [-0.15, -0.1) is 12.4 Å². The zero-order valence-corrected chi connectivity index (χ0v) is 14.4. The van der Waals surface area contributed by atoms with Crippen LogP contribution in [0.15, 0.2) is 24.3 Å². The molecule has 0 saturated carbocycles. The fourth-order valence-electron chi connectivity index (χ4n) is 2.46. The molecule has 1 aromatic carbocycles. The number of rotatable bonds is 6. The number of amides is 1. The van der Waals surface area contributed by atoms with Crippen LogP contribution in [0.25, 0.3) is 0 Å². The van der Waals surface area contributed by atoms with Gasteiger partial charge in [0.15, 0.2) is 11.5 Å². The lowest BCUT2D eigenvalue weighted by Gasteiger charge is -2.35. The lowest BCUT2D eigenvalue weighted by atomic mass is 9.90. The summed E-state index contributed by atoms with van der Waals surface area (Å²) in [5.74, 6) is 1.29. The summed E-state index contributed by atoms with van der Waals surface area (Å²) >= 11 is 0. The Morgan fingerprint density at radius 1 is 1.30 bits per heavy atom. The van der Waals surface area contributed by atoms with Crippen molar-refractivity contribution >= 4 is 18.3 Å². The molecule has 0 aromatic heterocycles. The average molecular weight is 345 g/mol. The molecule has 2 N–H and O–H groups in total. The highest BCUT2D eigenvalue weighted by atomic mass is 35.5. The molecule has 1 heterocycles. The molecule has 1 aromatic rings. The van der Waals surface area contributed by atoms with Gasteiger partial charge in [0.1, 0.15) is 6.61 Å². The molecule has 130 valence electrons. The first-order valence-corrected chi connectivity index (χ1v) is 7.45.